The molecule has 0 saturated carbocycles. The van der Waals surface area contributed by atoms with Gasteiger partial charge in [-0.15, -0.1) is 34.4 Å². The predicted octanol–water partition coefficient (Wildman–Crippen LogP) is 2.13. The lowest BCUT2D eigenvalue weighted by Crippen LogP contribution is -2.71. The number of rotatable bonds is 9. The molecular weight excluding hydrogens is 571 g/mol. The van der Waals surface area contributed by atoms with Crippen molar-refractivity contribution in [2.45, 2.75) is 15.8 Å². The number of nitrogens with zero attached hydrogens (tertiary/aromatic N) is 5. The highest BCUT2D eigenvalue weighted by molar-refractivity contribution is 8.01. The molecule has 16 heteroatoms. The highest BCUT2D eigenvalue weighted by atomic mass is 32.2. The number of aromatic nitrogens is 3. The molecule has 1 unspecified atom stereocenters. The largest absolute Gasteiger partial charge is 0.477 e. The lowest BCUT2D eigenvalue weighted by Gasteiger charge is -2.49. The van der Waals surface area contributed by atoms with Crippen molar-refractivity contribution >= 4 is 74.8 Å². The van der Waals surface area contributed by atoms with Crippen LogP contribution in [0.25, 0.3) is 11.3 Å². The third-order valence-corrected chi connectivity index (χ3v) is 9.63. The molecule has 3 aromatic rings. The number of nitrogens with two attached hydrogens (primary N) is 1. The Morgan fingerprint density at radius 1 is 1.34 bits per heavy atom. The molecule has 0 radical (unpaired) electrons. The van der Waals surface area contributed by atoms with Crippen LogP contribution in [0.4, 0.5) is 5.13 Å². The van der Waals surface area contributed by atoms with Crippen LogP contribution in [0.2, 0.25) is 0 Å². The molecule has 2 amide bonds. The Morgan fingerprint density at radius 2 is 2.18 bits per heavy atom. The molecule has 2 aliphatic rings. The summed E-state index contributed by atoms with van der Waals surface area (Å²) < 4.78 is 0.779. The maximum absolute atomic E-state index is 13.0. The van der Waals surface area contributed by atoms with Gasteiger partial charge in [0.05, 0.1) is 5.69 Å². The molecule has 1 saturated heterocycles. The van der Waals surface area contributed by atoms with Gasteiger partial charge in [0, 0.05) is 40.2 Å². The van der Waals surface area contributed by atoms with Gasteiger partial charge in [-0.1, -0.05) is 16.9 Å². The minimum absolute atomic E-state index is 0.0566. The number of thioether (sulfide) groups is 2. The Morgan fingerprint density at radius 3 is 2.87 bits per heavy atom. The standard InChI is InChI=1S/C22H19N7O5S4/c1-34-28-14(13-9-36-21(23)25-13)17(30)27-15-18(31)29-16(20(32)33)11(6-35-19(15)29)7-37-22-26-12(8-38-22)10-3-2-4-24-5-10/h2-5,8-9,15,19H,6-7H2,1H3,(H2,23,25)(H,27,30)(H,32,33)/t15?,19-/m0/s1. The smallest absolute Gasteiger partial charge is 0.352 e. The van der Waals surface area contributed by atoms with Gasteiger partial charge in [0.1, 0.15) is 29.9 Å². The zero-order valence-electron chi connectivity index (χ0n) is 19.6. The number of hydrogen-bond acceptors (Lipinski definition) is 13. The van der Waals surface area contributed by atoms with Gasteiger partial charge in [-0.05, 0) is 17.7 Å². The first kappa shape index (κ1) is 26.1. The molecule has 12 nitrogen and oxygen atoms in total. The molecule has 38 heavy (non-hydrogen) atoms. The van der Waals surface area contributed by atoms with E-state index in [2.05, 4.69) is 25.4 Å². The van der Waals surface area contributed by atoms with Crippen molar-refractivity contribution < 1.29 is 24.3 Å². The van der Waals surface area contributed by atoms with Crippen molar-refractivity contribution in [3.8, 4) is 11.3 Å². The number of carbonyl (C=O) groups is 3. The van der Waals surface area contributed by atoms with E-state index in [1.807, 2.05) is 17.5 Å². The highest BCUT2D eigenvalue weighted by Crippen LogP contribution is 2.42. The number of thiazole rings is 2. The average Bonchev–Trinajstić information content (AvgIpc) is 3.58. The maximum Gasteiger partial charge on any atom is 0.352 e. The van der Waals surface area contributed by atoms with Gasteiger partial charge in [0.2, 0.25) is 0 Å². The van der Waals surface area contributed by atoms with Gasteiger partial charge in [0.15, 0.2) is 15.2 Å². The number of hydrogen-bond donors (Lipinski definition) is 3. The fraction of sp³-hybridized carbons (Fsp3) is 0.227. The van der Waals surface area contributed by atoms with E-state index in [1.54, 1.807) is 17.8 Å². The first-order valence-corrected chi connectivity index (χ1v) is 14.7. The van der Waals surface area contributed by atoms with Crippen molar-refractivity contribution in [2.24, 2.45) is 5.16 Å². The van der Waals surface area contributed by atoms with E-state index in [4.69, 9.17) is 10.6 Å². The molecule has 3 aromatic heterocycles. The number of nitrogens with one attached hydrogen (secondary N) is 1. The Labute approximate surface area is 232 Å². The van der Waals surface area contributed by atoms with Crippen molar-refractivity contribution in [1.82, 2.24) is 25.2 Å². The molecular formula is C22H19N7O5S4. The summed E-state index contributed by atoms with van der Waals surface area (Å²) in [4.78, 5) is 56.8. The van der Waals surface area contributed by atoms with Crippen LogP contribution < -0.4 is 11.1 Å². The van der Waals surface area contributed by atoms with Crippen LogP contribution in [-0.2, 0) is 19.2 Å². The summed E-state index contributed by atoms with van der Waals surface area (Å²) in [6, 6.07) is 2.83. The summed E-state index contributed by atoms with van der Waals surface area (Å²) in [6.45, 7) is 0. The molecule has 0 aromatic carbocycles. The lowest BCUT2D eigenvalue weighted by molar-refractivity contribution is -0.150. The molecule has 1 fully saturated rings. The molecule has 5 rings (SSSR count). The first-order chi connectivity index (χ1) is 18.4. The number of anilines is 1. The van der Waals surface area contributed by atoms with Crippen molar-refractivity contribution in [3.05, 3.63) is 52.3 Å². The number of carbonyl (C=O) groups excluding carboxylic acids is 2. The molecule has 2 atom stereocenters. The van der Waals surface area contributed by atoms with Gasteiger partial charge < -0.3 is 21.0 Å². The topological polar surface area (TPSA) is 173 Å². The minimum Gasteiger partial charge on any atom is -0.477 e. The molecule has 0 spiro atoms. The fourth-order valence-corrected chi connectivity index (χ4v) is 7.68. The van der Waals surface area contributed by atoms with E-state index in [9.17, 15) is 19.5 Å². The second kappa shape index (κ2) is 11.1. The zero-order valence-corrected chi connectivity index (χ0v) is 22.8. The Balaban J connectivity index is 1.28. The van der Waals surface area contributed by atoms with Gasteiger partial charge in [0.25, 0.3) is 11.8 Å². The van der Waals surface area contributed by atoms with Crippen molar-refractivity contribution in [3.63, 3.8) is 0 Å². The maximum atomic E-state index is 13.0. The van der Waals surface area contributed by atoms with Crippen LogP contribution >= 0.6 is 46.2 Å². The van der Waals surface area contributed by atoms with Gasteiger partial charge in [-0.3, -0.25) is 19.5 Å². The summed E-state index contributed by atoms with van der Waals surface area (Å²) in [6.07, 6.45) is 3.42. The number of carboxylic acid groups (broad SMARTS) is 1. The third kappa shape index (κ3) is 5.11. The number of nitrogen functional groups attached to an aromatic ring is 1. The molecule has 196 valence electrons. The zero-order chi connectivity index (χ0) is 26.8. The number of β-lactam (4-membered cyclic amide) rings is 1. The van der Waals surface area contributed by atoms with Gasteiger partial charge in [-0.25, -0.2) is 14.8 Å². The Hall–Kier alpha value is -3.47. The third-order valence-electron chi connectivity index (χ3n) is 5.51. The number of amides is 2. The second-order valence-electron chi connectivity index (χ2n) is 7.84. The van der Waals surface area contributed by atoms with Crippen molar-refractivity contribution in [2.75, 3.05) is 24.3 Å². The Bertz CT molecular complexity index is 1450. The summed E-state index contributed by atoms with van der Waals surface area (Å²) in [5.41, 5.74) is 7.98. The predicted molar refractivity (Wildman–Crippen MR) is 146 cm³/mol. The molecule has 5 heterocycles. The minimum atomic E-state index is -1.20. The normalized spacial score (nSPS) is 19.1. The van der Waals surface area contributed by atoms with Crippen LogP contribution in [-0.4, -0.2) is 78.5 Å². The SMILES string of the molecule is CON=C(C(=O)NC1C(=O)N2C(C(=O)O)=C(CSc3nc(-c4cccnc4)cs3)CS[C@@H]12)c1csc(N)n1. The summed E-state index contributed by atoms with van der Waals surface area (Å²) in [5, 5.41) is 19.5. The molecule has 2 aliphatic heterocycles. The summed E-state index contributed by atoms with van der Waals surface area (Å²) in [7, 11) is 1.28. The number of fused-ring (bicyclic) bond motifs is 1. The number of carboxylic acids is 1. The van der Waals surface area contributed by atoms with Crippen LogP contribution in [0.15, 0.2) is 56.1 Å². The van der Waals surface area contributed by atoms with Crippen LogP contribution in [0.1, 0.15) is 5.69 Å². The lowest BCUT2D eigenvalue weighted by atomic mass is 10.0. The van der Waals surface area contributed by atoms with Crippen LogP contribution in [0.5, 0.6) is 0 Å². The van der Waals surface area contributed by atoms with E-state index in [-0.39, 0.29) is 22.2 Å². The first-order valence-electron chi connectivity index (χ1n) is 10.9. The molecule has 0 bridgehead atoms. The van der Waals surface area contributed by atoms with Crippen LogP contribution in [0.3, 0.4) is 0 Å². The van der Waals surface area contributed by atoms with Crippen LogP contribution in [0, 0.1) is 0 Å². The average molecular weight is 590 g/mol. The molecule has 4 N–H and O–H groups in total. The number of aliphatic carboxylic acids is 1. The van der Waals surface area contributed by atoms with E-state index < -0.39 is 29.2 Å². The summed E-state index contributed by atoms with van der Waals surface area (Å²) >= 11 is 5.38. The number of oxime groups is 1. The van der Waals surface area contributed by atoms with Gasteiger partial charge >= 0.3 is 5.97 Å². The Kier molecular flexibility index (Phi) is 7.64. The van der Waals surface area contributed by atoms with E-state index >= 15 is 0 Å². The molecule has 0 aliphatic carbocycles. The quantitative estimate of drug-likeness (QED) is 0.144. The highest BCUT2D eigenvalue weighted by Gasteiger charge is 2.54. The number of pyridine rings is 1. The van der Waals surface area contributed by atoms with Gasteiger partial charge in [-0.2, -0.15) is 0 Å². The van der Waals surface area contributed by atoms with E-state index in [0.717, 1.165) is 26.9 Å². The van der Waals surface area contributed by atoms with Crippen molar-refractivity contribution in [1.29, 1.82) is 0 Å². The second-order valence-corrected chi connectivity index (χ2v) is 11.9. The fourth-order valence-electron chi connectivity index (χ4n) is 3.82. The van der Waals surface area contributed by atoms with E-state index in [1.165, 1.54) is 46.9 Å². The monoisotopic (exact) mass is 589 g/mol. The summed E-state index contributed by atoms with van der Waals surface area (Å²) in [5.74, 6) is -1.64. The van der Waals surface area contributed by atoms with E-state index in [0.29, 0.717) is 17.1 Å².